The number of rotatable bonds is 7. The van der Waals surface area contributed by atoms with E-state index in [0.717, 1.165) is 17.0 Å². The topological polar surface area (TPSA) is 105 Å². The third-order valence-electron chi connectivity index (χ3n) is 5.42. The Bertz CT molecular complexity index is 1340. The minimum Gasteiger partial charge on any atom is -0.382 e. The van der Waals surface area contributed by atoms with Gasteiger partial charge in [-0.05, 0) is 73.5 Å². The van der Waals surface area contributed by atoms with Crippen molar-refractivity contribution >= 4 is 56.2 Å². The maximum atomic E-state index is 13.1. The van der Waals surface area contributed by atoms with Gasteiger partial charge in [0.05, 0.1) is 0 Å². The van der Waals surface area contributed by atoms with E-state index in [1.165, 1.54) is 4.31 Å². The van der Waals surface area contributed by atoms with Crippen molar-refractivity contribution in [3.63, 3.8) is 0 Å². The lowest BCUT2D eigenvalue weighted by Crippen LogP contribution is -2.42. The molecule has 0 bridgehead atoms. The van der Waals surface area contributed by atoms with Gasteiger partial charge in [0.2, 0.25) is 10.0 Å². The zero-order valence-corrected chi connectivity index (χ0v) is 21.6. The summed E-state index contributed by atoms with van der Waals surface area (Å²) in [5.41, 5.74) is 1.32. The van der Waals surface area contributed by atoms with Gasteiger partial charge in [0.1, 0.15) is 9.32 Å². The number of carbonyl (C=O) groups is 1. The first-order valence-corrected chi connectivity index (χ1v) is 13.8. The van der Waals surface area contributed by atoms with Crippen LogP contribution < -0.4 is 10.2 Å². The molecule has 1 aromatic heterocycles. The van der Waals surface area contributed by atoms with Crippen molar-refractivity contribution in [2.75, 3.05) is 18.4 Å². The van der Waals surface area contributed by atoms with Gasteiger partial charge >= 0.3 is 5.91 Å². The number of amides is 1. The van der Waals surface area contributed by atoms with E-state index in [2.05, 4.69) is 20.5 Å². The summed E-state index contributed by atoms with van der Waals surface area (Å²) in [6, 6.07) is 17.2. The fourth-order valence-electron chi connectivity index (χ4n) is 3.56. The maximum Gasteiger partial charge on any atom is 0.360 e. The number of piperidine rings is 1. The molecule has 0 unspecified atom stereocenters. The second-order valence-electron chi connectivity index (χ2n) is 7.85. The summed E-state index contributed by atoms with van der Waals surface area (Å²) in [6.07, 6.45) is 1.41. The lowest BCUT2D eigenvalue weighted by molar-refractivity contribution is 0.0992. The van der Waals surface area contributed by atoms with Crippen molar-refractivity contribution in [3.05, 3.63) is 81.1 Å². The van der Waals surface area contributed by atoms with Crippen LogP contribution in [0.1, 0.15) is 28.1 Å². The fraction of sp³-hybridized carbons (Fsp3) is 0.261. The molecule has 1 fully saturated rings. The Morgan fingerprint density at radius 1 is 1.00 bits per heavy atom. The Kier molecular flexibility index (Phi) is 8.33. The summed E-state index contributed by atoms with van der Waals surface area (Å²) in [5.74, 6) is -0.534. The SMILES string of the molecule is O=C(N=[N+]=NCc1ccc(S(=O)(=O)N2CCC(Nc3ccc(Cl)cc3)CC2)s1)c1ccc(Cl)cc1. The first-order chi connectivity index (χ1) is 16.8. The minimum atomic E-state index is -3.58. The van der Waals surface area contributed by atoms with Crippen LogP contribution in [0.5, 0.6) is 0 Å². The Morgan fingerprint density at radius 2 is 1.63 bits per heavy atom. The van der Waals surface area contributed by atoms with Crippen molar-refractivity contribution in [2.24, 2.45) is 10.2 Å². The first kappa shape index (κ1) is 25.5. The molecule has 1 aliphatic heterocycles. The van der Waals surface area contributed by atoms with E-state index in [-0.39, 0.29) is 16.8 Å². The van der Waals surface area contributed by atoms with Crippen LogP contribution in [0.15, 0.2) is 75.1 Å². The molecule has 8 nitrogen and oxygen atoms in total. The predicted octanol–water partition coefficient (Wildman–Crippen LogP) is 5.63. The number of benzene rings is 2. The number of sulfonamides is 1. The number of hydrogen-bond acceptors (Lipinski definition) is 6. The van der Waals surface area contributed by atoms with Gasteiger partial charge < -0.3 is 5.32 Å². The van der Waals surface area contributed by atoms with Crippen molar-refractivity contribution < 1.29 is 13.2 Å². The maximum absolute atomic E-state index is 13.1. The van der Waals surface area contributed by atoms with Crippen molar-refractivity contribution in [3.8, 4) is 0 Å². The number of hydrogen-bond donors (Lipinski definition) is 1. The van der Waals surface area contributed by atoms with Crippen LogP contribution in [0.4, 0.5) is 5.69 Å². The van der Waals surface area contributed by atoms with Crippen LogP contribution in [0.3, 0.4) is 0 Å². The molecule has 1 N–H and O–H groups in total. The molecule has 0 atom stereocenters. The summed E-state index contributed by atoms with van der Waals surface area (Å²) in [4.78, 5) is 16.2. The smallest absolute Gasteiger partial charge is 0.360 e. The molecule has 2 heterocycles. The highest BCUT2D eigenvalue weighted by atomic mass is 35.5. The average Bonchev–Trinajstić information content (AvgIpc) is 3.34. The van der Waals surface area contributed by atoms with E-state index >= 15 is 0 Å². The zero-order chi connectivity index (χ0) is 24.8. The van der Waals surface area contributed by atoms with Gasteiger partial charge in [-0.3, -0.25) is 4.79 Å². The third kappa shape index (κ3) is 6.76. The predicted molar refractivity (Wildman–Crippen MR) is 138 cm³/mol. The van der Waals surface area contributed by atoms with Crippen LogP contribution in [0.25, 0.3) is 0 Å². The monoisotopic (exact) mass is 550 g/mol. The number of nitrogens with one attached hydrogen (secondary N) is 1. The van der Waals surface area contributed by atoms with Gasteiger partial charge in [-0.25, -0.2) is 8.42 Å². The standard InChI is InChI=1S/C23H22Cl2N5O3S2/c24-17-3-1-16(2-4-17)23(31)28-29-26-15-21-9-10-22(34-21)35(32,33)30-13-11-20(12-14-30)27-19-7-5-18(25)6-8-19/h1-10,20,27H,11-15H2/q+1. The largest absolute Gasteiger partial charge is 0.382 e. The molecule has 4 rings (SSSR count). The average molecular weight is 552 g/mol. The highest BCUT2D eigenvalue weighted by Gasteiger charge is 2.30. The highest BCUT2D eigenvalue weighted by molar-refractivity contribution is 7.91. The summed E-state index contributed by atoms with van der Waals surface area (Å²) < 4.78 is 27.9. The van der Waals surface area contributed by atoms with E-state index < -0.39 is 15.9 Å². The molecule has 35 heavy (non-hydrogen) atoms. The van der Waals surface area contributed by atoms with Crippen molar-refractivity contribution in [2.45, 2.75) is 29.6 Å². The Morgan fingerprint density at radius 3 is 2.29 bits per heavy atom. The second-order valence-corrected chi connectivity index (χ2v) is 12.1. The third-order valence-corrected chi connectivity index (χ3v) is 9.36. The fourth-order valence-corrected chi connectivity index (χ4v) is 6.70. The Labute approximate surface area is 217 Å². The Hall–Kier alpha value is -2.59. The summed E-state index contributed by atoms with van der Waals surface area (Å²) in [5, 5.41) is 12.1. The molecule has 0 spiro atoms. The molecule has 1 amide bonds. The molecule has 1 saturated heterocycles. The summed E-state index contributed by atoms with van der Waals surface area (Å²) >= 11 is 12.9. The lowest BCUT2D eigenvalue weighted by atomic mass is 10.1. The number of carbonyl (C=O) groups excluding carboxylic acids is 1. The van der Waals surface area contributed by atoms with Gasteiger partial charge in [0.25, 0.3) is 10.0 Å². The first-order valence-electron chi connectivity index (χ1n) is 10.8. The zero-order valence-electron chi connectivity index (χ0n) is 18.5. The molecular formula is C23H22Cl2N5O3S2+. The molecule has 2 aromatic carbocycles. The quantitative estimate of drug-likeness (QED) is 0.303. The number of thiophene rings is 1. The molecule has 1 aliphatic rings. The van der Waals surface area contributed by atoms with Gasteiger partial charge in [-0.15, -0.1) is 11.3 Å². The van der Waals surface area contributed by atoms with E-state index in [1.807, 2.05) is 24.3 Å². The van der Waals surface area contributed by atoms with Crippen molar-refractivity contribution in [1.29, 1.82) is 0 Å². The van der Waals surface area contributed by atoms with E-state index in [0.29, 0.717) is 46.4 Å². The molecule has 182 valence electrons. The molecule has 12 heteroatoms. The molecular weight excluding hydrogens is 529 g/mol. The second kappa shape index (κ2) is 11.4. The molecule has 3 aromatic rings. The van der Waals surface area contributed by atoms with E-state index in [4.69, 9.17) is 23.2 Å². The number of anilines is 1. The summed E-state index contributed by atoms with van der Waals surface area (Å²) in [6.45, 7) is 1.00. The molecule has 0 saturated carbocycles. The number of halogens is 2. The molecule has 0 aliphatic carbocycles. The normalized spacial score (nSPS) is 14.8. The van der Waals surface area contributed by atoms with E-state index in [1.54, 1.807) is 36.4 Å². The number of nitrogens with zero attached hydrogens (tertiary/aromatic N) is 4. The van der Waals surface area contributed by atoms with Crippen LogP contribution in [-0.2, 0) is 16.6 Å². The highest BCUT2D eigenvalue weighted by Crippen LogP contribution is 2.28. The van der Waals surface area contributed by atoms with Crippen LogP contribution >= 0.6 is 34.5 Å². The van der Waals surface area contributed by atoms with Crippen LogP contribution in [0.2, 0.25) is 10.0 Å². The summed E-state index contributed by atoms with van der Waals surface area (Å²) in [7, 11) is -3.58. The molecule has 0 radical (unpaired) electrons. The van der Waals surface area contributed by atoms with Gasteiger partial charge in [0, 0.05) is 45.3 Å². The van der Waals surface area contributed by atoms with Gasteiger partial charge in [0.15, 0.2) is 6.54 Å². The lowest BCUT2D eigenvalue weighted by Gasteiger charge is -2.31. The van der Waals surface area contributed by atoms with E-state index in [9.17, 15) is 13.2 Å². The van der Waals surface area contributed by atoms with Gasteiger partial charge in [-0.2, -0.15) is 4.31 Å². The van der Waals surface area contributed by atoms with Gasteiger partial charge in [-0.1, -0.05) is 23.2 Å². The van der Waals surface area contributed by atoms with Crippen LogP contribution in [-0.4, -0.2) is 37.8 Å². The van der Waals surface area contributed by atoms with Crippen LogP contribution in [0, 0.1) is 0 Å². The van der Waals surface area contributed by atoms with Crippen molar-refractivity contribution in [1.82, 2.24) is 9.22 Å². The Balaban J connectivity index is 1.31. The minimum absolute atomic E-state index is 0.130.